The van der Waals surface area contributed by atoms with Crippen LogP contribution in [0.3, 0.4) is 0 Å². The molecule has 3 N–H and O–H groups in total. The Balaban J connectivity index is 2.48. The van der Waals surface area contributed by atoms with Gasteiger partial charge in [0, 0.05) is 6.04 Å². The highest BCUT2D eigenvalue weighted by atomic mass is 16.6. The van der Waals surface area contributed by atoms with Crippen molar-refractivity contribution in [2.24, 2.45) is 0 Å². The van der Waals surface area contributed by atoms with Gasteiger partial charge in [-0.05, 0) is 33.6 Å². The van der Waals surface area contributed by atoms with Crippen molar-refractivity contribution in [2.75, 3.05) is 0 Å². The third-order valence-corrected chi connectivity index (χ3v) is 2.33. The first kappa shape index (κ1) is 14.0. The molecule has 98 valence electrons. The molecule has 0 aromatic carbocycles. The molecule has 1 aliphatic carbocycles. The summed E-state index contributed by atoms with van der Waals surface area (Å²) in [4.78, 5) is 11.5. The Morgan fingerprint density at radius 2 is 1.71 bits per heavy atom. The first-order valence-corrected chi connectivity index (χ1v) is 5.80. The van der Waals surface area contributed by atoms with Crippen LogP contribution in [-0.4, -0.2) is 40.2 Å². The standard InChI is InChI=1S/C12H21NO4/c1-12(2,3)17-11(16)13-8-6-9(14)4-5-10(15)7-8/h4-5,8-10,14-15H,6-7H2,1-3H3,(H,13,16)/t8?,9-,10+. The molecule has 1 rings (SSSR count). The van der Waals surface area contributed by atoms with Crippen molar-refractivity contribution in [1.29, 1.82) is 0 Å². The van der Waals surface area contributed by atoms with Gasteiger partial charge in [-0.1, -0.05) is 12.2 Å². The molecule has 1 unspecified atom stereocenters. The van der Waals surface area contributed by atoms with E-state index >= 15 is 0 Å². The quantitative estimate of drug-likeness (QED) is 0.599. The van der Waals surface area contributed by atoms with Gasteiger partial charge in [-0.2, -0.15) is 0 Å². The number of ether oxygens (including phenoxy) is 1. The van der Waals surface area contributed by atoms with Crippen molar-refractivity contribution in [3.05, 3.63) is 12.2 Å². The van der Waals surface area contributed by atoms with E-state index in [1.54, 1.807) is 32.9 Å². The predicted octanol–water partition coefficient (Wildman–Crippen LogP) is 0.952. The highest BCUT2D eigenvalue weighted by Crippen LogP contribution is 2.14. The normalized spacial score (nSPS) is 29.6. The highest BCUT2D eigenvalue weighted by molar-refractivity contribution is 5.68. The summed E-state index contributed by atoms with van der Waals surface area (Å²) in [6.45, 7) is 5.35. The van der Waals surface area contributed by atoms with Gasteiger partial charge in [0.25, 0.3) is 0 Å². The molecule has 0 bridgehead atoms. The average molecular weight is 243 g/mol. The average Bonchev–Trinajstić information content (AvgIpc) is 2.24. The molecule has 0 aromatic heterocycles. The third-order valence-electron chi connectivity index (χ3n) is 2.33. The topological polar surface area (TPSA) is 78.8 Å². The molecule has 0 aromatic rings. The lowest BCUT2D eigenvalue weighted by atomic mass is 10.1. The Bertz CT molecular complexity index is 281. The summed E-state index contributed by atoms with van der Waals surface area (Å²) in [5.41, 5.74) is -0.551. The van der Waals surface area contributed by atoms with E-state index in [-0.39, 0.29) is 6.04 Å². The number of alkyl carbamates (subject to hydrolysis) is 1. The molecule has 0 saturated heterocycles. The number of amides is 1. The molecule has 0 fully saturated rings. The molecular formula is C12H21NO4. The number of aliphatic hydroxyl groups is 2. The first-order chi connectivity index (χ1) is 7.76. The van der Waals surface area contributed by atoms with Gasteiger partial charge < -0.3 is 20.3 Å². The molecule has 0 spiro atoms. The van der Waals surface area contributed by atoms with Crippen LogP contribution in [0, 0.1) is 0 Å². The Kier molecular flexibility index (Phi) is 4.54. The molecule has 17 heavy (non-hydrogen) atoms. The maximum Gasteiger partial charge on any atom is 0.407 e. The van der Waals surface area contributed by atoms with E-state index in [0.29, 0.717) is 12.8 Å². The van der Waals surface area contributed by atoms with Crippen molar-refractivity contribution >= 4 is 6.09 Å². The second-order valence-corrected chi connectivity index (χ2v) is 5.33. The van der Waals surface area contributed by atoms with Gasteiger partial charge in [-0.25, -0.2) is 4.79 Å². The van der Waals surface area contributed by atoms with E-state index in [0.717, 1.165) is 0 Å². The van der Waals surface area contributed by atoms with Crippen LogP contribution in [-0.2, 0) is 4.74 Å². The molecule has 5 nitrogen and oxygen atoms in total. The lowest BCUT2D eigenvalue weighted by molar-refractivity contribution is 0.0478. The zero-order chi connectivity index (χ0) is 13.1. The van der Waals surface area contributed by atoms with E-state index in [1.165, 1.54) is 0 Å². The van der Waals surface area contributed by atoms with Crippen LogP contribution in [0.2, 0.25) is 0 Å². The predicted molar refractivity (Wildman–Crippen MR) is 63.5 cm³/mol. The van der Waals surface area contributed by atoms with Gasteiger partial charge in [0.2, 0.25) is 0 Å². The molecular weight excluding hydrogens is 222 g/mol. The zero-order valence-corrected chi connectivity index (χ0v) is 10.5. The van der Waals surface area contributed by atoms with Crippen molar-refractivity contribution in [3.8, 4) is 0 Å². The highest BCUT2D eigenvalue weighted by Gasteiger charge is 2.24. The number of nitrogens with one attached hydrogen (secondary N) is 1. The second-order valence-electron chi connectivity index (χ2n) is 5.33. The summed E-state index contributed by atoms with van der Waals surface area (Å²) in [6, 6.07) is -0.287. The molecule has 1 amide bonds. The minimum absolute atomic E-state index is 0.287. The fourth-order valence-corrected chi connectivity index (χ4v) is 1.68. The smallest absolute Gasteiger partial charge is 0.407 e. The minimum atomic E-state index is -0.646. The van der Waals surface area contributed by atoms with Crippen molar-refractivity contribution in [3.63, 3.8) is 0 Å². The van der Waals surface area contributed by atoms with Gasteiger partial charge in [0.05, 0.1) is 12.2 Å². The summed E-state index contributed by atoms with van der Waals surface area (Å²) >= 11 is 0. The molecule has 1 aliphatic rings. The van der Waals surface area contributed by atoms with Crippen LogP contribution in [0.25, 0.3) is 0 Å². The minimum Gasteiger partial charge on any atom is -0.444 e. The van der Waals surface area contributed by atoms with E-state index in [9.17, 15) is 15.0 Å². The molecule has 0 heterocycles. The Morgan fingerprint density at radius 1 is 1.24 bits per heavy atom. The summed E-state index contributed by atoms with van der Waals surface area (Å²) in [6.07, 6.45) is 2.03. The maximum atomic E-state index is 11.5. The fourth-order valence-electron chi connectivity index (χ4n) is 1.68. The molecule has 3 atom stereocenters. The first-order valence-electron chi connectivity index (χ1n) is 5.80. The number of hydrogen-bond donors (Lipinski definition) is 3. The van der Waals surface area contributed by atoms with Crippen LogP contribution in [0.5, 0.6) is 0 Å². The monoisotopic (exact) mass is 243 g/mol. The van der Waals surface area contributed by atoms with E-state index in [1.807, 2.05) is 0 Å². The van der Waals surface area contributed by atoms with Crippen molar-refractivity contribution in [1.82, 2.24) is 5.32 Å². The van der Waals surface area contributed by atoms with Crippen LogP contribution in [0.1, 0.15) is 33.6 Å². The lowest BCUT2D eigenvalue weighted by Crippen LogP contribution is -2.41. The number of rotatable bonds is 1. The Labute approximate surface area is 101 Å². The van der Waals surface area contributed by atoms with E-state index < -0.39 is 23.9 Å². The summed E-state index contributed by atoms with van der Waals surface area (Å²) in [5.74, 6) is 0. The van der Waals surface area contributed by atoms with Gasteiger partial charge in [0.1, 0.15) is 5.60 Å². The Morgan fingerprint density at radius 3 is 2.12 bits per heavy atom. The van der Waals surface area contributed by atoms with Crippen molar-refractivity contribution < 1.29 is 19.7 Å². The van der Waals surface area contributed by atoms with Crippen LogP contribution in [0.15, 0.2) is 12.2 Å². The number of hydrogen-bond acceptors (Lipinski definition) is 4. The molecule has 0 aliphatic heterocycles. The van der Waals surface area contributed by atoms with E-state index in [4.69, 9.17) is 4.74 Å². The largest absolute Gasteiger partial charge is 0.444 e. The lowest BCUT2D eigenvalue weighted by Gasteiger charge is -2.24. The molecule has 5 heteroatoms. The van der Waals surface area contributed by atoms with Crippen molar-refractivity contribution in [2.45, 2.75) is 57.5 Å². The number of aliphatic hydroxyl groups excluding tert-OH is 2. The van der Waals surface area contributed by atoms with E-state index in [2.05, 4.69) is 5.32 Å². The third kappa shape index (κ3) is 5.70. The van der Waals surface area contributed by atoms with Gasteiger partial charge in [0.15, 0.2) is 0 Å². The van der Waals surface area contributed by atoms with Crippen LogP contribution in [0.4, 0.5) is 4.79 Å². The van der Waals surface area contributed by atoms with Gasteiger partial charge >= 0.3 is 6.09 Å². The molecule has 0 radical (unpaired) electrons. The van der Waals surface area contributed by atoms with Crippen LogP contribution < -0.4 is 5.32 Å². The molecule has 0 saturated carbocycles. The number of carbonyl (C=O) groups is 1. The maximum absolute atomic E-state index is 11.5. The Hall–Kier alpha value is -1.07. The zero-order valence-electron chi connectivity index (χ0n) is 10.5. The van der Waals surface area contributed by atoms with Gasteiger partial charge in [-0.15, -0.1) is 0 Å². The SMILES string of the molecule is CC(C)(C)OC(=O)NC1C[C@H](O)C=C[C@H](O)C1. The summed E-state index contributed by atoms with van der Waals surface area (Å²) in [5, 5.41) is 21.7. The summed E-state index contributed by atoms with van der Waals surface area (Å²) < 4.78 is 5.12. The van der Waals surface area contributed by atoms with Gasteiger partial charge in [-0.3, -0.25) is 0 Å². The summed E-state index contributed by atoms with van der Waals surface area (Å²) in [7, 11) is 0. The number of carbonyl (C=O) groups excluding carboxylic acids is 1. The van der Waals surface area contributed by atoms with Crippen LogP contribution >= 0.6 is 0 Å². The fraction of sp³-hybridized carbons (Fsp3) is 0.750. The second kappa shape index (κ2) is 5.51.